The molecule has 5 nitrogen and oxygen atoms in total. The normalized spacial score (nSPS) is 10.0. The predicted molar refractivity (Wildman–Crippen MR) is 52.6 cm³/mol. The number of amidine groups is 1. The number of nitrogens with zero attached hydrogens (tertiary/aromatic N) is 2. The fourth-order valence-electron chi connectivity index (χ4n) is 0.834. The second-order valence-electron chi connectivity index (χ2n) is 2.70. The minimum atomic E-state index is -0.257. The van der Waals surface area contributed by atoms with Gasteiger partial charge < -0.3 is 5.11 Å². The van der Waals surface area contributed by atoms with Gasteiger partial charge in [-0.2, -0.15) is 0 Å². The Kier molecular flexibility index (Phi) is 4.18. The first kappa shape index (κ1) is 10.8. The van der Waals surface area contributed by atoms with Crippen LogP contribution in [0.5, 0.6) is 5.88 Å². The molecule has 0 spiro atoms. The third-order valence-corrected chi connectivity index (χ3v) is 2.40. The predicted octanol–water partition coefficient (Wildman–Crippen LogP) is -1.46. The first-order chi connectivity index (χ1) is 6.68. The van der Waals surface area contributed by atoms with Gasteiger partial charge in [0.2, 0.25) is 5.84 Å². The maximum absolute atomic E-state index is 10.8. The van der Waals surface area contributed by atoms with Gasteiger partial charge in [0.25, 0.3) is 0 Å². The SMILES string of the molecule is NC(=[NH2+])CCCSc1nccc([O-])n1. The molecule has 0 unspecified atom stereocenters. The molecule has 0 aliphatic heterocycles. The van der Waals surface area contributed by atoms with Crippen LogP contribution in [-0.2, 0) is 0 Å². The molecule has 0 aliphatic rings. The molecule has 0 radical (unpaired) electrons. The van der Waals surface area contributed by atoms with Crippen LogP contribution in [0.3, 0.4) is 0 Å². The summed E-state index contributed by atoms with van der Waals surface area (Å²) in [5.41, 5.74) is 5.30. The average Bonchev–Trinajstić information content (AvgIpc) is 2.12. The van der Waals surface area contributed by atoms with Crippen molar-refractivity contribution in [2.24, 2.45) is 5.73 Å². The maximum atomic E-state index is 10.8. The second-order valence-corrected chi connectivity index (χ2v) is 3.77. The first-order valence-electron chi connectivity index (χ1n) is 4.18. The zero-order chi connectivity index (χ0) is 10.4. The van der Waals surface area contributed by atoms with Crippen LogP contribution in [0.4, 0.5) is 0 Å². The molecule has 0 aromatic carbocycles. The molecule has 4 N–H and O–H groups in total. The molecule has 0 bridgehead atoms. The molecule has 14 heavy (non-hydrogen) atoms. The molecule has 1 aromatic rings. The van der Waals surface area contributed by atoms with Crippen molar-refractivity contribution in [3.63, 3.8) is 0 Å². The molecule has 0 aliphatic carbocycles. The molecule has 0 fully saturated rings. The van der Waals surface area contributed by atoms with Crippen molar-refractivity contribution in [2.75, 3.05) is 5.75 Å². The Morgan fingerprint density at radius 3 is 3.07 bits per heavy atom. The van der Waals surface area contributed by atoms with Crippen LogP contribution >= 0.6 is 11.8 Å². The number of rotatable bonds is 5. The lowest BCUT2D eigenvalue weighted by atomic mass is 10.3. The Morgan fingerprint density at radius 2 is 2.43 bits per heavy atom. The van der Waals surface area contributed by atoms with Gasteiger partial charge in [0.15, 0.2) is 5.16 Å². The van der Waals surface area contributed by atoms with Gasteiger partial charge in [-0.15, -0.1) is 0 Å². The number of hydrogen-bond donors (Lipinski definition) is 2. The summed E-state index contributed by atoms with van der Waals surface area (Å²) < 4.78 is 0. The van der Waals surface area contributed by atoms with E-state index in [4.69, 9.17) is 11.1 Å². The van der Waals surface area contributed by atoms with Crippen molar-refractivity contribution in [3.05, 3.63) is 12.3 Å². The molecule has 1 heterocycles. The Balaban J connectivity index is 2.28. The van der Waals surface area contributed by atoms with E-state index in [-0.39, 0.29) is 5.88 Å². The number of hydrogen-bond acceptors (Lipinski definition) is 4. The van der Waals surface area contributed by atoms with Crippen LogP contribution in [0.15, 0.2) is 17.4 Å². The molecule has 0 atom stereocenters. The Hall–Kier alpha value is -1.30. The van der Waals surface area contributed by atoms with Gasteiger partial charge in [-0.25, -0.2) is 9.97 Å². The smallest absolute Gasteiger partial charge is 0.238 e. The summed E-state index contributed by atoms with van der Waals surface area (Å²) in [6.07, 6.45) is 3.00. The fraction of sp³-hybridized carbons (Fsp3) is 0.375. The van der Waals surface area contributed by atoms with E-state index in [1.807, 2.05) is 0 Å². The highest BCUT2D eigenvalue weighted by Gasteiger charge is 1.98. The average molecular weight is 212 g/mol. The lowest BCUT2D eigenvalue weighted by molar-refractivity contribution is -0.275. The topological polar surface area (TPSA) is 100 Å². The van der Waals surface area contributed by atoms with Gasteiger partial charge in [0.05, 0.1) is 0 Å². The van der Waals surface area contributed by atoms with E-state index in [0.29, 0.717) is 17.4 Å². The first-order valence-corrected chi connectivity index (χ1v) is 5.16. The van der Waals surface area contributed by atoms with Gasteiger partial charge in [-0.3, -0.25) is 11.1 Å². The molecule has 0 saturated heterocycles. The molecular formula is C8H12N4OS. The quantitative estimate of drug-likeness (QED) is 0.204. The van der Waals surface area contributed by atoms with Crippen LogP contribution in [0.2, 0.25) is 0 Å². The van der Waals surface area contributed by atoms with E-state index >= 15 is 0 Å². The van der Waals surface area contributed by atoms with E-state index in [9.17, 15) is 5.11 Å². The molecule has 1 rings (SSSR count). The minimum Gasteiger partial charge on any atom is -0.859 e. The summed E-state index contributed by atoms with van der Waals surface area (Å²) in [6, 6.07) is 1.33. The van der Waals surface area contributed by atoms with Crippen LogP contribution in [0, 0.1) is 0 Å². The zero-order valence-corrected chi connectivity index (χ0v) is 8.46. The highest BCUT2D eigenvalue weighted by atomic mass is 32.2. The third kappa shape index (κ3) is 4.08. The summed E-state index contributed by atoms with van der Waals surface area (Å²) in [5.74, 6) is 0.984. The van der Waals surface area contributed by atoms with Gasteiger partial charge in [-0.05, 0) is 18.4 Å². The van der Waals surface area contributed by atoms with E-state index in [1.54, 1.807) is 0 Å². The van der Waals surface area contributed by atoms with Gasteiger partial charge >= 0.3 is 0 Å². The van der Waals surface area contributed by atoms with E-state index in [2.05, 4.69) is 9.97 Å². The van der Waals surface area contributed by atoms with Crippen molar-refractivity contribution in [2.45, 2.75) is 18.0 Å². The van der Waals surface area contributed by atoms with Gasteiger partial charge in [0, 0.05) is 18.4 Å². The second kappa shape index (κ2) is 5.43. The van der Waals surface area contributed by atoms with Crippen LogP contribution < -0.4 is 16.2 Å². The highest BCUT2D eigenvalue weighted by Crippen LogP contribution is 2.14. The van der Waals surface area contributed by atoms with Crippen LogP contribution in [0.1, 0.15) is 12.8 Å². The number of thioether (sulfide) groups is 1. The molecular weight excluding hydrogens is 200 g/mol. The Bertz CT molecular complexity index is 318. The monoisotopic (exact) mass is 212 g/mol. The lowest BCUT2D eigenvalue weighted by Crippen LogP contribution is -2.45. The summed E-state index contributed by atoms with van der Waals surface area (Å²) in [6.45, 7) is 0. The number of nitrogens with two attached hydrogens (primary N) is 2. The van der Waals surface area contributed by atoms with E-state index in [1.165, 1.54) is 24.0 Å². The Morgan fingerprint density at radius 1 is 1.64 bits per heavy atom. The van der Waals surface area contributed by atoms with Crippen molar-refractivity contribution in [3.8, 4) is 5.88 Å². The van der Waals surface area contributed by atoms with Crippen LogP contribution in [0.25, 0.3) is 0 Å². The fourth-order valence-corrected chi connectivity index (χ4v) is 1.60. The van der Waals surface area contributed by atoms with Crippen LogP contribution in [-0.4, -0.2) is 21.6 Å². The standard InChI is InChI=1S/C8H12N4OS/c9-6(10)2-1-5-14-8-11-4-3-7(13)12-8/h3-4H,1-2,5H2,(H3,9,10)(H,11,12,13). The van der Waals surface area contributed by atoms with Crippen molar-refractivity contribution >= 4 is 17.6 Å². The summed E-state index contributed by atoms with van der Waals surface area (Å²) in [7, 11) is 0. The largest absolute Gasteiger partial charge is 0.859 e. The molecule has 76 valence electrons. The van der Waals surface area contributed by atoms with Crippen molar-refractivity contribution in [1.82, 2.24) is 9.97 Å². The molecule has 0 saturated carbocycles. The molecule has 1 aromatic heterocycles. The summed E-state index contributed by atoms with van der Waals surface area (Å²) in [4.78, 5) is 7.66. The number of aromatic nitrogens is 2. The Labute approximate surface area is 86.3 Å². The molecule has 6 heteroatoms. The van der Waals surface area contributed by atoms with Gasteiger partial charge in [0.1, 0.15) is 0 Å². The lowest BCUT2D eigenvalue weighted by Gasteiger charge is -2.04. The maximum Gasteiger partial charge on any atom is 0.238 e. The van der Waals surface area contributed by atoms with E-state index in [0.717, 1.165) is 12.2 Å². The summed E-state index contributed by atoms with van der Waals surface area (Å²) in [5, 5.41) is 16.6. The zero-order valence-electron chi connectivity index (χ0n) is 7.64. The third-order valence-electron chi connectivity index (χ3n) is 1.45. The van der Waals surface area contributed by atoms with Crippen molar-refractivity contribution in [1.29, 1.82) is 0 Å². The van der Waals surface area contributed by atoms with E-state index < -0.39 is 0 Å². The van der Waals surface area contributed by atoms with Crippen molar-refractivity contribution < 1.29 is 10.5 Å². The van der Waals surface area contributed by atoms with Gasteiger partial charge in [-0.1, -0.05) is 11.8 Å². The molecule has 0 amide bonds. The minimum absolute atomic E-state index is 0.257. The highest BCUT2D eigenvalue weighted by molar-refractivity contribution is 7.99. The summed E-state index contributed by atoms with van der Waals surface area (Å²) >= 11 is 1.43.